The third-order valence-corrected chi connectivity index (χ3v) is 11.3. The van der Waals surface area contributed by atoms with Gasteiger partial charge in [-0.3, -0.25) is 4.39 Å². The summed E-state index contributed by atoms with van der Waals surface area (Å²) in [5, 5.41) is 33.8. The molecule has 0 aromatic heterocycles. The van der Waals surface area contributed by atoms with Crippen molar-refractivity contribution in [2.75, 3.05) is 6.67 Å². The predicted octanol–water partition coefficient (Wildman–Crippen LogP) is 5.22. The van der Waals surface area contributed by atoms with Crippen LogP contribution >= 0.6 is 0 Å². The van der Waals surface area contributed by atoms with E-state index in [0.717, 1.165) is 51.4 Å². The van der Waals surface area contributed by atoms with E-state index >= 15 is 0 Å². The summed E-state index contributed by atoms with van der Waals surface area (Å²) in [7, 11) is 0. The van der Waals surface area contributed by atoms with Gasteiger partial charge in [0.05, 0.1) is 25.0 Å². The van der Waals surface area contributed by atoms with E-state index in [1.165, 1.54) is 0 Å². The summed E-state index contributed by atoms with van der Waals surface area (Å²) in [5.41, 5.74) is -0.0914. The fourth-order valence-electron chi connectivity index (χ4n) is 9.75. The lowest BCUT2D eigenvalue weighted by atomic mass is 9.41. The zero-order valence-electron chi connectivity index (χ0n) is 20.4. The molecule has 4 aliphatic rings. The maximum absolute atomic E-state index is 13.2. The minimum Gasteiger partial charge on any atom is -0.393 e. The van der Waals surface area contributed by atoms with Crippen LogP contribution in [0.2, 0.25) is 0 Å². The number of aliphatic hydroxyl groups excluding tert-OH is 3. The first kappa shape index (κ1) is 24.0. The number of hydrogen-bond donors (Lipinski definition) is 3. The molecule has 0 aromatic carbocycles. The zero-order valence-corrected chi connectivity index (χ0v) is 20.4. The summed E-state index contributed by atoms with van der Waals surface area (Å²) in [5.74, 6) is 2.35. The molecule has 4 saturated carbocycles. The van der Waals surface area contributed by atoms with Crippen molar-refractivity contribution in [1.29, 1.82) is 0 Å². The molecule has 0 aliphatic heterocycles. The van der Waals surface area contributed by atoms with Gasteiger partial charge in [-0.2, -0.15) is 0 Å². The van der Waals surface area contributed by atoms with Crippen molar-refractivity contribution in [2.45, 2.75) is 104 Å². The topological polar surface area (TPSA) is 60.7 Å². The Hall–Kier alpha value is -0.190. The third-order valence-electron chi connectivity index (χ3n) is 11.3. The second kappa shape index (κ2) is 8.55. The van der Waals surface area contributed by atoms with Crippen LogP contribution in [0, 0.1) is 58.2 Å². The molecule has 0 radical (unpaired) electrons. The summed E-state index contributed by atoms with van der Waals surface area (Å²) in [6.45, 7) is 10.9. The molecule has 0 amide bonds. The molecular formula is C27H47FO3. The third kappa shape index (κ3) is 3.53. The van der Waals surface area contributed by atoms with Crippen LogP contribution in [0.25, 0.3) is 0 Å². The second-order valence-corrected chi connectivity index (χ2v) is 12.7. The van der Waals surface area contributed by atoms with Gasteiger partial charge in [0.25, 0.3) is 0 Å². The van der Waals surface area contributed by atoms with Gasteiger partial charge >= 0.3 is 0 Å². The van der Waals surface area contributed by atoms with Crippen LogP contribution in [0.3, 0.4) is 0 Å². The first-order valence-electron chi connectivity index (χ1n) is 13.2. The number of fused-ring (bicyclic) bond motifs is 5. The summed E-state index contributed by atoms with van der Waals surface area (Å²) < 4.78 is 13.2. The van der Waals surface area contributed by atoms with Crippen molar-refractivity contribution >= 4 is 0 Å². The molecule has 1 unspecified atom stereocenters. The molecule has 180 valence electrons. The Bertz CT molecular complexity index is 642. The standard InChI is InChI=1S/C27H47FO3/c1-6-18-21-12-17(29)9-10-26(21,4)22-13-23(30)27(5)19(16(3)11-15(2)14-28)7-8-20(27)24(22)25(18)31/h15-25,29-31H,6-14H2,1-5H3/t15-,16-,17-,18-,19-,20+,21+,22?,23+,24+,25-,26+,27-/m1/s1. The first-order valence-corrected chi connectivity index (χ1v) is 13.2. The minimum absolute atomic E-state index is 0.0733. The average molecular weight is 439 g/mol. The summed E-state index contributed by atoms with van der Waals surface area (Å²) >= 11 is 0. The van der Waals surface area contributed by atoms with E-state index in [0.29, 0.717) is 29.6 Å². The van der Waals surface area contributed by atoms with Crippen molar-refractivity contribution in [3.05, 3.63) is 0 Å². The molecule has 4 heteroatoms. The van der Waals surface area contributed by atoms with E-state index in [9.17, 15) is 19.7 Å². The van der Waals surface area contributed by atoms with Crippen molar-refractivity contribution in [2.24, 2.45) is 58.2 Å². The number of rotatable bonds is 5. The first-order chi connectivity index (χ1) is 14.6. The van der Waals surface area contributed by atoms with Gasteiger partial charge in [-0.25, -0.2) is 0 Å². The predicted molar refractivity (Wildman–Crippen MR) is 122 cm³/mol. The van der Waals surface area contributed by atoms with E-state index < -0.39 is 0 Å². The Kier molecular flexibility index (Phi) is 6.60. The van der Waals surface area contributed by atoms with Gasteiger partial charge in [0.15, 0.2) is 0 Å². The number of halogens is 1. The van der Waals surface area contributed by atoms with Crippen molar-refractivity contribution in [3.8, 4) is 0 Å². The maximum Gasteiger partial charge on any atom is 0.0920 e. The van der Waals surface area contributed by atoms with Gasteiger partial charge < -0.3 is 15.3 Å². The van der Waals surface area contributed by atoms with E-state index in [1.807, 2.05) is 6.92 Å². The Morgan fingerprint density at radius 2 is 1.68 bits per heavy atom. The number of aliphatic hydroxyl groups is 3. The molecule has 4 rings (SSSR count). The molecule has 4 fully saturated rings. The molecule has 31 heavy (non-hydrogen) atoms. The van der Waals surface area contributed by atoms with Crippen molar-refractivity contribution in [3.63, 3.8) is 0 Å². The lowest BCUT2D eigenvalue weighted by molar-refractivity contribution is -0.228. The van der Waals surface area contributed by atoms with Gasteiger partial charge in [0, 0.05) is 0 Å². The smallest absolute Gasteiger partial charge is 0.0920 e. The van der Waals surface area contributed by atoms with E-state index in [4.69, 9.17) is 0 Å². The van der Waals surface area contributed by atoms with Crippen LogP contribution < -0.4 is 0 Å². The van der Waals surface area contributed by atoms with Crippen molar-refractivity contribution < 1.29 is 19.7 Å². The number of hydrogen-bond acceptors (Lipinski definition) is 3. The highest BCUT2D eigenvalue weighted by Gasteiger charge is 2.67. The normalized spacial score (nSPS) is 53.9. The molecule has 4 aliphatic carbocycles. The van der Waals surface area contributed by atoms with Gasteiger partial charge in [0.1, 0.15) is 0 Å². The van der Waals surface area contributed by atoms with E-state index in [1.54, 1.807) is 0 Å². The van der Waals surface area contributed by atoms with Crippen LogP contribution in [-0.4, -0.2) is 40.3 Å². The molecule has 0 heterocycles. The van der Waals surface area contributed by atoms with Gasteiger partial charge in [-0.05, 0) is 103 Å². The largest absolute Gasteiger partial charge is 0.393 e. The number of alkyl halides is 1. The van der Waals surface area contributed by atoms with Crippen LogP contribution in [0.5, 0.6) is 0 Å². The van der Waals surface area contributed by atoms with Crippen LogP contribution in [0.1, 0.15) is 86.0 Å². The monoisotopic (exact) mass is 438 g/mol. The lowest BCUT2D eigenvalue weighted by Gasteiger charge is -2.65. The van der Waals surface area contributed by atoms with Crippen LogP contribution in [0.15, 0.2) is 0 Å². The molecular weight excluding hydrogens is 391 g/mol. The molecule has 3 nitrogen and oxygen atoms in total. The molecule has 13 atom stereocenters. The van der Waals surface area contributed by atoms with Crippen LogP contribution in [-0.2, 0) is 0 Å². The molecule has 3 N–H and O–H groups in total. The molecule has 0 aromatic rings. The summed E-state index contributed by atoms with van der Waals surface area (Å²) in [6.07, 6.45) is 6.48. The fraction of sp³-hybridized carbons (Fsp3) is 1.00. The zero-order chi connectivity index (χ0) is 22.7. The van der Waals surface area contributed by atoms with E-state index in [2.05, 4.69) is 27.7 Å². The lowest BCUT2D eigenvalue weighted by Crippen LogP contribution is -2.65. The second-order valence-electron chi connectivity index (χ2n) is 12.7. The Morgan fingerprint density at radius 3 is 2.32 bits per heavy atom. The Labute approximate surface area is 189 Å². The van der Waals surface area contributed by atoms with E-state index in [-0.39, 0.29) is 53.6 Å². The average Bonchev–Trinajstić information content (AvgIpc) is 3.09. The van der Waals surface area contributed by atoms with Gasteiger partial charge in [0.2, 0.25) is 0 Å². The fourth-order valence-corrected chi connectivity index (χ4v) is 9.75. The summed E-state index contributed by atoms with van der Waals surface area (Å²) in [6, 6.07) is 0. The molecule has 0 bridgehead atoms. The Morgan fingerprint density at radius 1 is 0.968 bits per heavy atom. The van der Waals surface area contributed by atoms with Crippen LogP contribution in [0.4, 0.5) is 4.39 Å². The highest BCUT2D eigenvalue weighted by Crippen LogP contribution is 2.69. The molecule has 0 spiro atoms. The highest BCUT2D eigenvalue weighted by molar-refractivity contribution is 5.15. The Balaban J connectivity index is 1.67. The van der Waals surface area contributed by atoms with Gasteiger partial charge in [-0.1, -0.05) is 41.0 Å². The van der Waals surface area contributed by atoms with Crippen molar-refractivity contribution in [1.82, 2.24) is 0 Å². The minimum atomic E-state index is -0.357. The summed E-state index contributed by atoms with van der Waals surface area (Å²) in [4.78, 5) is 0. The quantitative estimate of drug-likeness (QED) is 0.552. The highest BCUT2D eigenvalue weighted by atomic mass is 19.1. The SMILES string of the molecule is CC[C@H]1[C@@H](O)[C@@H]2C(C[C@H](O)[C@]3(C)[C@@H]([C@H](C)C[C@@H](C)CF)CC[C@@H]23)[C@@]2(C)CC[C@@H](O)C[C@@H]12. The van der Waals surface area contributed by atoms with Gasteiger partial charge in [-0.15, -0.1) is 0 Å². The maximum atomic E-state index is 13.2. The molecule has 0 saturated heterocycles.